The molecule has 1 atom stereocenters. The van der Waals surface area contributed by atoms with Crippen molar-refractivity contribution in [1.82, 2.24) is 10.2 Å². The van der Waals surface area contributed by atoms with Crippen LogP contribution >= 0.6 is 23.2 Å². The molecule has 208 valence electrons. The molecule has 0 aliphatic rings. The molecule has 0 radical (unpaired) electrons. The van der Waals surface area contributed by atoms with Crippen LogP contribution < -0.4 is 14.4 Å². The first kappa shape index (κ1) is 30.3. The highest BCUT2D eigenvalue weighted by Gasteiger charge is 2.34. The van der Waals surface area contributed by atoms with Crippen molar-refractivity contribution in [2.24, 2.45) is 0 Å². The lowest BCUT2D eigenvalue weighted by atomic mass is 10.1. The van der Waals surface area contributed by atoms with Crippen LogP contribution in [0.25, 0.3) is 0 Å². The minimum Gasteiger partial charge on any atom is -0.492 e. The van der Waals surface area contributed by atoms with Crippen molar-refractivity contribution in [3.8, 4) is 5.75 Å². The summed E-state index contributed by atoms with van der Waals surface area (Å²) in [4.78, 5) is 28.2. The summed E-state index contributed by atoms with van der Waals surface area (Å²) in [5.74, 6) is -0.651. The normalized spacial score (nSPS) is 11.9. The second-order valence-electron chi connectivity index (χ2n) is 8.53. The molecule has 39 heavy (non-hydrogen) atoms. The van der Waals surface area contributed by atoms with Gasteiger partial charge in [0.15, 0.2) is 0 Å². The van der Waals surface area contributed by atoms with Gasteiger partial charge in [-0.15, -0.1) is 0 Å². The fraction of sp³-hybridized carbons (Fsp3) is 0.286. The van der Waals surface area contributed by atoms with E-state index in [2.05, 4.69) is 5.32 Å². The number of hydrogen-bond acceptors (Lipinski definition) is 5. The van der Waals surface area contributed by atoms with Gasteiger partial charge in [0.1, 0.15) is 18.3 Å². The van der Waals surface area contributed by atoms with E-state index in [-0.39, 0.29) is 23.0 Å². The minimum atomic E-state index is -4.20. The number of hydrogen-bond donors (Lipinski definition) is 1. The maximum Gasteiger partial charge on any atom is 0.264 e. The molecular formula is C28H31Cl2N3O5S. The number of rotatable bonds is 12. The Hall–Kier alpha value is -3.27. The first-order valence-electron chi connectivity index (χ1n) is 12.4. The topological polar surface area (TPSA) is 96.0 Å². The molecule has 0 aliphatic carbocycles. The van der Waals surface area contributed by atoms with Crippen LogP contribution in [0, 0.1) is 0 Å². The number of nitrogens with one attached hydrogen (secondary N) is 1. The van der Waals surface area contributed by atoms with Crippen molar-refractivity contribution in [2.75, 3.05) is 24.5 Å². The van der Waals surface area contributed by atoms with Gasteiger partial charge in [0.05, 0.1) is 27.2 Å². The van der Waals surface area contributed by atoms with Crippen molar-refractivity contribution < 1.29 is 22.7 Å². The van der Waals surface area contributed by atoms with E-state index in [0.717, 1.165) is 4.31 Å². The Kier molecular flexibility index (Phi) is 10.6. The Labute approximate surface area is 239 Å². The van der Waals surface area contributed by atoms with Gasteiger partial charge in [-0.1, -0.05) is 66.5 Å². The molecule has 0 spiro atoms. The number of benzene rings is 3. The smallest absolute Gasteiger partial charge is 0.264 e. The molecule has 2 amide bonds. The molecule has 3 rings (SSSR count). The third kappa shape index (κ3) is 7.23. The largest absolute Gasteiger partial charge is 0.492 e. The Bertz CT molecular complexity index is 1400. The summed E-state index contributed by atoms with van der Waals surface area (Å²) in [7, 11) is -2.72. The second kappa shape index (κ2) is 13.7. The number of para-hydroxylation sites is 2. The van der Waals surface area contributed by atoms with Crippen LogP contribution in [0.3, 0.4) is 0 Å². The van der Waals surface area contributed by atoms with Crippen molar-refractivity contribution >= 4 is 50.7 Å². The lowest BCUT2D eigenvalue weighted by Crippen LogP contribution is -2.51. The lowest BCUT2D eigenvalue weighted by molar-refractivity contribution is -0.140. The van der Waals surface area contributed by atoms with Crippen LogP contribution in [-0.4, -0.2) is 51.4 Å². The van der Waals surface area contributed by atoms with Gasteiger partial charge in [-0.25, -0.2) is 8.42 Å². The molecule has 11 heteroatoms. The summed E-state index contributed by atoms with van der Waals surface area (Å²) in [6.07, 6.45) is 0.299. The van der Waals surface area contributed by atoms with Gasteiger partial charge in [0, 0.05) is 13.6 Å². The molecule has 0 bridgehead atoms. The lowest BCUT2D eigenvalue weighted by Gasteiger charge is -2.33. The average molecular weight is 593 g/mol. The van der Waals surface area contributed by atoms with Crippen LogP contribution in [0.5, 0.6) is 5.75 Å². The van der Waals surface area contributed by atoms with Crippen LogP contribution in [0.15, 0.2) is 77.7 Å². The van der Waals surface area contributed by atoms with Gasteiger partial charge in [-0.3, -0.25) is 13.9 Å². The van der Waals surface area contributed by atoms with Crippen molar-refractivity contribution in [1.29, 1.82) is 0 Å². The van der Waals surface area contributed by atoms with E-state index in [1.165, 1.54) is 24.1 Å². The number of carbonyl (C=O) groups is 2. The van der Waals surface area contributed by atoms with Gasteiger partial charge in [-0.2, -0.15) is 0 Å². The van der Waals surface area contributed by atoms with Gasteiger partial charge < -0.3 is 15.0 Å². The summed E-state index contributed by atoms with van der Waals surface area (Å²) in [6, 6.07) is 18.5. The van der Waals surface area contributed by atoms with Crippen molar-refractivity contribution in [3.05, 3.63) is 88.4 Å². The number of nitrogens with zero attached hydrogens (tertiary/aromatic N) is 2. The Morgan fingerprint density at radius 3 is 2.23 bits per heavy atom. The van der Waals surface area contributed by atoms with Crippen LogP contribution in [-0.2, 0) is 26.2 Å². The molecule has 8 nitrogen and oxygen atoms in total. The number of anilines is 1. The third-order valence-corrected chi connectivity index (χ3v) is 8.53. The molecule has 1 N–H and O–H groups in total. The first-order valence-corrected chi connectivity index (χ1v) is 14.6. The number of halogens is 2. The van der Waals surface area contributed by atoms with Gasteiger partial charge >= 0.3 is 0 Å². The standard InChI is InChI=1S/C28H31Cl2N3O5S/c1-4-24(28(35)31-3)32(18-20-15-16-22(29)23(30)17-20)27(34)19-33(25-13-9-10-14-26(25)38-5-2)39(36,37)21-11-7-6-8-12-21/h6-17,24H,4-5,18-19H2,1-3H3,(H,31,35)/t24-/m1/s1. The molecule has 0 fully saturated rings. The summed E-state index contributed by atoms with van der Waals surface area (Å²) < 4.78 is 34.5. The molecule has 0 aliphatic heterocycles. The van der Waals surface area contributed by atoms with Crippen LogP contribution in [0.4, 0.5) is 5.69 Å². The fourth-order valence-corrected chi connectivity index (χ4v) is 5.86. The SMILES string of the molecule is CCOc1ccccc1N(CC(=O)N(Cc1ccc(Cl)c(Cl)c1)[C@H](CC)C(=O)NC)S(=O)(=O)c1ccccc1. The van der Waals surface area contributed by atoms with Gasteiger partial charge in [-0.05, 0) is 55.3 Å². The summed E-state index contributed by atoms with van der Waals surface area (Å²) in [5.41, 5.74) is 0.839. The van der Waals surface area contributed by atoms with E-state index in [1.54, 1.807) is 74.5 Å². The molecule has 3 aromatic carbocycles. The van der Waals surface area contributed by atoms with Crippen molar-refractivity contribution in [3.63, 3.8) is 0 Å². The number of amides is 2. The van der Waals surface area contributed by atoms with Gasteiger partial charge in [0.2, 0.25) is 11.8 Å². The van der Waals surface area contributed by atoms with E-state index < -0.39 is 28.5 Å². The molecule has 3 aromatic rings. The summed E-state index contributed by atoms with van der Waals surface area (Å²) in [5, 5.41) is 3.24. The zero-order chi connectivity index (χ0) is 28.6. The Morgan fingerprint density at radius 1 is 0.949 bits per heavy atom. The highest BCUT2D eigenvalue weighted by molar-refractivity contribution is 7.92. The van der Waals surface area contributed by atoms with Crippen molar-refractivity contribution in [2.45, 2.75) is 37.8 Å². The maximum atomic E-state index is 14.0. The number of sulfonamides is 1. The monoisotopic (exact) mass is 591 g/mol. The van der Waals surface area contributed by atoms with Crippen LogP contribution in [0.2, 0.25) is 10.0 Å². The number of ether oxygens (including phenoxy) is 1. The molecule has 0 saturated carbocycles. The first-order chi connectivity index (χ1) is 18.6. The van der Waals surface area contributed by atoms with E-state index in [0.29, 0.717) is 34.4 Å². The van der Waals surface area contributed by atoms with E-state index in [4.69, 9.17) is 27.9 Å². The highest BCUT2D eigenvalue weighted by Crippen LogP contribution is 2.33. The molecule has 0 heterocycles. The van der Waals surface area contributed by atoms with E-state index in [9.17, 15) is 18.0 Å². The Morgan fingerprint density at radius 2 is 1.62 bits per heavy atom. The number of likely N-dealkylation sites (N-methyl/N-ethyl adjacent to an activating group) is 1. The summed E-state index contributed by atoms with van der Waals surface area (Å²) >= 11 is 12.3. The molecule has 0 saturated heterocycles. The molecule has 0 aromatic heterocycles. The van der Waals surface area contributed by atoms with E-state index >= 15 is 0 Å². The predicted octanol–water partition coefficient (Wildman–Crippen LogP) is 5.14. The fourth-order valence-electron chi connectivity index (χ4n) is 4.09. The zero-order valence-electron chi connectivity index (χ0n) is 21.9. The van der Waals surface area contributed by atoms with E-state index in [1.807, 2.05) is 0 Å². The maximum absolute atomic E-state index is 14.0. The molecular weight excluding hydrogens is 561 g/mol. The quantitative estimate of drug-likeness (QED) is 0.314. The zero-order valence-corrected chi connectivity index (χ0v) is 24.3. The number of carbonyl (C=O) groups excluding carboxylic acids is 2. The predicted molar refractivity (Wildman–Crippen MR) is 154 cm³/mol. The molecule has 0 unspecified atom stereocenters. The van der Waals surface area contributed by atoms with Gasteiger partial charge in [0.25, 0.3) is 10.0 Å². The average Bonchev–Trinajstić information content (AvgIpc) is 2.94. The highest BCUT2D eigenvalue weighted by atomic mass is 35.5. The second-order valence-corrected chi connectivity index (χ2v) is 11.2. The summed E-state index contributed by atoms with van der Waals surface area (Å²) in [6.45, 7) is 3.29. The minimum absolute atomic E-state index is 0.00792. The van der Waals surface area contributed by atoms with Crippen LogP contribution in [0.1, 0.15) is 25.8 Å². The third-order valence-electron chi connectivity index (χ3n) is 6.01. The Balaban J connectivity index is 2.11.